The standard InChI is InChI=1S/C10H23NOS/c1-5-6-7-8-9-10(2,3)11-13(4)12/h11H,5-9H2,1-4H3. The number of nitrogens with one attached hydrogen (secondary N) is 1. The molecule has 0 aromatic heterocycles. The van der Waals surface area contributed by atoms with Gasteiger partial charge in [0.05, 0.1) is 11.0 Å². The molecule has 0 aromatic rings. The van der Waals surface area contributed by atoms with Crippen molar-refractivity contribution in [3.05, 3.63) is 0 Å². The summed E-state index contributed by atoms with van der Waals surface area (Å²) in [5.41, 5.74) is 0.0212. The summed E-state index contributed by atoms with van der Waals surface area (Å²) in [5.74, 6) is 0. The highest BCUT2D eigenvalue weighted by Gasteiger charge is 2.17. The Morgan fingerprint density at radius 3 is 2.31 bits per heavy atom. The number of unbranched alkanes of at least 4 members (excludes halogenated alkanes) is 3. The first kappa shape index (κ1) is 13.1. The molecule has 0 amide bonds. The summed E-state index contributed by atoms with van der Waals surface area (Å²) in [7, 11) is -0.892. The van der Waals surface area contributed by atoms with Gasteiger partial charge in [0, 0.05) is 11.8 Å². The fraction of sp³-hybridized carbons (Fsp3) is 1.00. The molecule has 80 valence electrons. The summed E-state index contributed by atoms with van der Waals surface area (Å²) < 4.78 is 14.0. The Hall–Kier alpha value is 0.110. The van der Waals surface area contributed by atoms with Gasteiger partial charge in [-0.1, -0.05) is 32.6 Å². The van der Waals surface area contributed by atoms with Crippen molar-refractivity contribution in [1.29, 1.82) is 0 Å². The minimum Gasteiger partial charge on any atom is -0.243 e. The van der Waals surface area contributed by atoms with Crippen LogP contribution in [0.5, 0.6) is 0 Å². The third kappa shape index (κ3) is 8.44. The summed E-state index contributed by atoms with van der Waals surface area (Å²) in [4.78, 5) is 0. The van der Waals surface area contributed by atoms with E-state index >= 15 is 0 Å². The molecule has 0 aromatic carbocycles. The molecule has 1 atom stereocenters. The summed E-state index contributed by atoms with van der Waals surface area (Å²) in [6, 6.07) is 0. The molecule has 1 unspecified atom stereocenters. The molecule has 0 heterocycles. The van der Waals surface area contributed by atoms with E-state index in [4.69, 9.17) is 0 Å². The molecule has 13 heavy (non-hydrogen) atoms. The van der Waals surface area contributed by atoms with Crippen molar-refractivity contribution in [3.8, 4) is 0 Å². The molecule has 0 aliphatic heterocycles. The Morgan fingerprint density at radius 2 is 1.85 bits per heavy atom. The topological polar surface area (TPSA) is 29.1 Å². The second-order valence-corrected chi connectivity index (χ2v) is 5.36. The minimum atomic E-state index is -0.892. The highest BCUT2D eigenvalue weighted by atomic mass is 32.2. The Balaban J connectivity index is 3.56. The third-order valence-electron chi connectivity index (χ3n) is 2.08. The van der Waals surface area contributed by atoms with Gasteiger partial charge in [0.15, 0.2) is 0 Å². The van der Waals surface area contributed by atoms with E-state index in [9.17, 15) is 4.21 Å². The van der Waals surface area contributed by atoms with Gasteiger partial charge in [0.25, 0.3) is 0 Å². The molecular formula is C10H23NOS. The van der Waals surface area contributed by atoms with Crippen molar-refractivity contribution >= 4 is 11.0 Å². The predicted octanol–water partition coefficient (Wildman–Crippen LogP) is 2.62. The maximum Gasteiger partial charge on any atom is 0.0888 e. The van der Waals surface area contributed by atoms with Crippen LogP contribution in [0, 0.1) is 0 Å². The maximum atomic E-state index is 10.9. The van der Waals surface area contributed by atoms with Crippen LogP contribution >= 0.6 is 0 Å². The molecule has 0 aliphatic rings. The lowest BCUT2D eigenvalue weighted by Gasteiger charge is -2.24. The molecule has 0 saturated heterocycles. The summed E-state index contributed by atoms with van der Waals surface area (Å²) in [6.45, 7) is 6.44. The number of hydrogen-bond acceptors (Lipinski definition) is 1. The zero-order valence-electron chi connectivity index (χ0n) is 9.35. The van der Waals surface area contributed by atoms with Crippen molar-refractivity contribution < 1.29 is 4.21 Å². The van der Waals surface area contributed by atoms with Crippen LogP contribution in [0.1, 0.15) is 52.9 Å². The van der Waals surface area contributed by atoms with Gasteiger partial charge in [0.2, 0.25) is 0 Å². The Bertz CT molecular complexity index is 157. The normalized spacial score (nSPS) is 14.5. The molecule has 0 rings (SSSR count). The second-order valence-electron chi connectivity index (χ2n) is 4.25. The quantitative estimate of drug-likeness (QED) is 0.636. The first-order valence-electron chi connectivity index (χ1n) is 5.09. The van der Waals surface area contributed by atoms with E-state index < -0.39 is 11.0 Å². The molecule has 2 nitrogen and oxygen atoms in total. The van der Waals surface area contributed by atoms with Crippen molar-refractivity contribution in [3.63, 3.8) is 0 Å². The van der Waals surface area contributed by atoms with Gasteiger partial charge in [0.1, 0.15) is 0 Å². The molecular weight excluding hydrogens is 182 g/mol. The molecule has 1 N–H and O–H groups in total. The van der Waals surface area contributed by atoms with E-state index in [0.717, 1.165) is 6.42 Å². The summed E-state index contributed by atoms with van der Waals surface area (Å²) >= 11 is 0. The van der Waals surface area contributed by atoms with Crippen molar-refractivity contribution in [2.45, 2.75) is 58.4 Å². The number of rotatable bonds is 7. The van der Waals surface area contributed by atoms with E-state index in [2.05, 4.69) is 25.5 Å². The lowest BCUT2D eigenvalue weighted by molar-refractivity contribution is 0.411. The SMILES string of the molecule is CCCCCCC(C)(C)NS(C)=O. The van der Waals surface area contributed by atoms with Crippen LogP contribution in [-0.4, -0.2) is 16.0 Å². The van der Waals surface area contributed by atoms with Gasteiger partial charge >= 0.3 is 0 Å². The van der Waals surface area contributed by atoms with Crippen LogP contribution in [0.25, 0.3) is 0 Å². The maximum absolute atomic E-state index is 10.9. The van der Waals surface area contributed by atoms with E-state index in [-0.39, 0.29) is 5.54 Å². The average molecular weight is 205 g/mol. The van der Waals surface area contributed by atoms with Crippen LogP contribution in [0.3, 0.4) is 0 Å². The fourth-order valence-electron chi connectivity index (χ4n) is 1.43. The molecule has 0 fully saturated rings. The average Bonchev–Trinajstić information content (AvgIpc) is 1.95. The van der Waals surface area contributed by atoms with Gasteiger partial charge in [-0.25, -0.2) is 8.93 Å². The highest BCUT2D eigenvalue weighted by molar-refractivity contribution is 7.82. The van der Waals surface area contributed by atoms with Crippen LogP contribution < -0.4 is 4.72 Å². The first-order valence-corrected chi connectivity index (χ1v) is 6.65. The Morgan fingerprint density at radius 1 is 1.23 bits per heavy atom. The monoisotopic (exact) mass is 205 g/mol. The van der Waals surface area contributed by atoms with E-state index in [1.807, 2.05) is 0 Å². The molecule has 3 heteroatoms. The van der Waals surface area contributed by atoms with Gasteiger partial charge in [-0.05, 0) is 20.3 Å². The van der Waals surface area contributed by atoms with Gasteiger partial charge in [-0.15, -0.1) is 0 Å². The predicted molar refractivity (Wildman–Crippen MR) is 60.0 cm³/mol. The van der Waals surface area contributed by atoms with Crippen molar-refractivity contribution in [2.24, 2.45) is 0 Å². The molecule has 0 spiro atoms. The highest BCUT2D eigenvalue weighted by Crippen LogP contribution is 2.14. The van der Waals surface area contributed by atoms with E-state index in [1.165, 1.54) is 25.7 Å². The zero-order chi connectivity index (χ0) is 10.3. The van der Waals surface area contributed by atoms with E-state index in [1.54, 1.807) is 6.26 Å². The lowest BCUT2D eigenvalue weighted by atomic mass is 9.98. The second kappa shape index (κ2) is 6.55. The molecule has 0 bridgehead atoms. The molecule has 0 saturated carbocycles. The largest absolute Gasteiger partial charge is 0.243 e. The van der Waals surface area contributed by atoms with Gasteiger partial charge in [-0.2, -0.15) is 0 Å². The summed E-state index contributed by atoms with van der Waals surface area (Å²) in [5, 5.41) is 0. The third-order valence-corrected chi connectivity index (χ3v) is 2.92. The summed E-state index contributed by atoms with van der Waals surface area (Å²) in [6.07, 6.45) is 7.89. The van der Waals surface area contributed by atoms with Crippen LogP contribution in [0.15, 0.2) is 0 Å². The van der Waals surface area contributed by atoms with Crippen molar-refractivity contribution in [2.75, 3.05) is 6.26 Å². The number of hydrogen-bond donors (Lipinski definition) is 1. The van der Waals surface area contributed by atoms with Crippen LogP contribution in [-0.2, 0) is 11.0 Å². The smallest absolute Gasteiger partial charge is 0.0888 e. The van der Waals surface area contributed by atoms with Crippen LogP contribution in [0.2, 0.25) is 0 Å². The first-order chi connectivity index (χ1) is 5.98. The Labute approximate surface area is 85.1 Å². The molecule has 0 aliphatic carbocycles. The molecule has 0 radical (unpaired) electrons. The van der Waals surface area contributed by atoms with Gasteiger partial charge in [-0.3, -0.25) is 0 Å². The lowest BCUT2D eigenvalue weighted by Crippen LogP contribution is -2.39. The Kier molecular flexibility index (Phi) is 6.60. The zero-order valence-corrected chi connectivity index (χ0v) is 10.2. The fourth-order valence-corrected chi connectivity index (χ4v) is 2.31. The van der Waals surface area contributed by atoms with Crippen LogP contribution in [0.4, 0.5) is 0 Å². The van der Waals surface area contributed by atoms with Gasteiger partial charge < -0.3 is 0 Å². The van der Waals surface area contributed by atoms with E-state index in [0.29, 0.717) is 0 Å². The minimum absolute atomic E-state index is 0.0212. The van der Waals surface area contributed by atoms with Crippen molar-refractivity contribution in [1.82, 2.24) is 4.72 Å².